The van der Waals surface area contributed by atoms with Crippen molar-refractivity contribution < 1.29 is 8.42 Å². The lowest BCUT2D eigenvalue weighted by atomic mass is 10.6. The van der Waals surface area contributed by atoms with E-state index in [1.807, 2.05) is 11.5 Å². The molecule has 1 aromatic rings. The SMILES string of the molecule is Cc1nnc(SCCS(C)(=O)=O)n1CCN. The second kappa shape index (κ2) is 5.65. The average molecular weight is 264 g/mol. The van der Waals surface area contributed by atoms with Crippen LogP contribution in [0.3, 0.4) is 0 Å². The largest absolute Gasteiger partial charge is 0.329 e. The Morgan fingerprint density at radius 2 is 2.12 bits per heavy atom. The summed E-state index contributed by atoms with van der Waals surface area (Å²) in [5.74, 6) is 1.43. The van der Waals surface area contributed by atoms with Crippen molar-refractivity contribution in [2.75, 3.05) is 24.3 Å². The van der Waals surface area contributed by atoms with Gasteiger partial charge >= 0.3 is 0 Å². The first kappa shape index (κ1) is 13.5. The van der Waals surface area contributed by atoms with E-state index in [9.17, 15) is 8.42 Å². The molecule has 6 nitrogen and oxygen atoms in total. The molecule has 8 heteroatoms. The van der Waals surface area contributed by atoms with Gasteiger partial charge < -0.3 is 10.3 Å². The molecule has 92 valence electrons. The lowest BCUT2D eigenvalue weighted by Crippen LogP contribution is -2.13. The Kier molecular flexibility index (Phi) is 4.75. The summed E-state index contributed by atoms with van der Waals surface area (Å²) in [5, 5.41) is 8.65. The molecule has 2 N–H and O–H groups in total. The molecule has 1 rings (SSSR count). The van der Waals surface area contributed by atoms with E-state index in [0.29, 0.717) is 18.8 Å². The van der Waals surface area contributed by atoms with Gasteiger partial charge in [0, 0.05) is 25.1 Å². The summed E-state index contributed by atoms with van der Waals surface area (Å²) < 4.78 is 23.8. The topological polar surface area (TPSA) is 90.9 Å². The minimum atomic E-state index is -2.92. The van der Waals surface area contributed by atoms with E-state index in [1.54, 1.807) is 0 Å². The summed E-state index contributed by atoms with van der Waals surface area (Å²) in [6.07, 6.45) is 1.23. The molecule has 0 spiro atoms. The zero-order valence-corrected chi connectivity index (χ0v) is 11.0. The molecular formula is C8H16N4O2S2. The van der Waals surface area contributed by atoms with E-state index in [1.165, 1.54) is 18.0 Å². The van der Waals surface area contributed by atoms with Crippen molar-refractivity contribution in [2.24, 2.45) is 5.73 Å². The highest BCUT2D eigenvalue weighted by Gasteiger charge is 2.10. The first-order valence-electron chi connectivity index (χ1n) is 4.84. The maximum absolute atomic E-state index is 11.0. The molecule has 0 saturated carbocycles. The van der Waals surface area contributed by atoms with Gasteiger partial charge in [-0.1, -0.05) is 11.8 Å². The highest BCUT2D eigenvalue weighted by molar-refractivity contribution is 8.00. The third kappa shape index (κ3) is 4.11. The number of aromatic nitrogens is 3. The van der Waals surface area contributed by atoms with E-state index < -0.39 is 9.84 Å². The summed E-state index contributed by atoms with van der Waals surface area (Å²) in [6.45, 7) is 3.02. The molecule has 0 radical (unpaired) electrons. The molecule has 1 heterocycles. The highest BCUT2D eigenvalue weighted by Crippen LogP contribution is 2.16. The Morgan fingerprint density at radius 3 is 2.69 bits per heavy atom. The molecule has 0 amide bonds. The number of nitrogens with zero attached hydrogens (tertiary/aromatic N) is 3. The molecule has 0 aromatic carbocycles. The molecule has 0 bridgehead atoms. The summed E-state index contributed by atoms with van der Waals surface area (Å²) >= 11 is 1.39. The maximum atomic E-state index is 11.0. The van der Waals surface area contributed by atoms with Crippen LogP contribution in [-0.4, -0.2) is 47.5 Å². The second-order valence-electron chi connectivity index (χ2n) is 3.45. The Hall–Kier alpha value is -0.600. The van der Waals surface area contributed by atoms with Crippen LogP contribution in [0.5, 0.6) is 0 Å². The highest BCUT2D eigenvalue weighted by atomic mass is 32.2. The van der Waals surface area contributed by atoms with Gasteiger partial charge in [0.1, 0.15) is 15.7 Å². The van der Waals surface area contributed by atoms with Crippen molar-refractivity contribution in [3.05, 3.63) is 5.82 Å². The summed E-state index contributed by atoms with van der Waals surface area (Å²) in [4.78, 5) is 0. The molecule has 0 aliphatic carbocycles. The van der Waals surface area contributed by atoms with Crippen molar-refractivity contribution in [3.63, 3.8) is 0 Å². The van der Waals surface area contributed by atoms with Gasteiger partial charge in [0.15, 0.2) is 5.16 Å². The second-order valence-corrected chi connectivity index (χ2v) is 6.77. The van der Waals surface area contributed by atoms with Crippen molar-refractivity contribution >= 4 is 21.6 Å². The van der Waals surface area contributed by atoms with Crippen LogP contribution in [0.4, 0.5) is 0 Å². The third-order valence-electron chi connectivity index (χ3n) is 1.94. The van der Waals surface area contributed by atoms with Gasteiger partial charge in [0.05, 0.1) is 5.75 Å². The number of sulfone groups is 1. The summed E-state index contributed by atoms with van der Waals surface area (Å²) in [5.41, 5.74) is 5.47. The lowest BCUT2D eigenvalue weighted by Gasteiger charge is -2.05. The van der Waals surface area contributed by atoms with Gasteiger partial charge in [-0.15, -0.1) is 10.2 Å². The lowest BCUT2D eigenvalue weighted by molar-refractivity contribution is 0.603. The van der Waals surface area contributed by atoms with Crippen molar-refractivity contribution in [3.8, 4) is 0 Å². The molecule has 0 saturated heterocycles. The fourth-order valence-electron chi connectivity index (χ4n) is 1.14. The first-order valence-corrected chi connectivity index (χ1v) is 7.89. The molecule has 0 unspecified atom stereocenters. The molecule has 0 atom stereocenters. The van der Waals surface area contributed by atoms with Gasteiger partial charge in [-0.25, -0.2) is 8.42 Å². The standard InChI is InChI=1S/C8H16N4O2S2/c1-7-10-11-8(12(7)4-3-9)15-5-6-16(2,13)14/h3-6,9H2,1-2H3. The van der Waals surface area contributed by atoms with Crippen LogP contribution in [0.2, 0.25) is 0 Å². The number of rotatable bonds is 6. The van der Waals surface area contributed by atoms with Crippen LogP contribution < -0.4 is 5.73 Å². The molecule has 0 fully saturated rings. The molecule has 0 aliphatic heterocycles. The van der Waals surface area contributed by atoms with Crippen LogP contribution in [0.25, 0.3) is 0 Å². The number of hydrogen-bond donors (Lipinski definition) is 1. The van der Waals surface area contributed by atoms with Gasteiger partial charge in [0.2, 0.25) is 0 Å². The minimum Gasteiger partial charge on any atom is -0.329 e. The van der Waals surface area contributed by atoms with Gasteiger partial charge in [-0.2, -0.15) is 0 Å². The molecule has 1 aromatic heterocycles. The average Bonchev–Trinajstić information content (AvgIpc) is 2.48. The van der Waals surface area contributed by atoms with E-state index in [2.05, 4.69) is 10.2 Å². The van der Waals surface area contributed by atoms with Crippen LogP contribution in [-0.2, 0) is 16.4 Å². The molecular weight excluding hydrogens is 248 g/mol. The van der Waals surface area contributed by atoms with Gasteiger partial charge in [-0.05, 0) is 6.92 Å². The smallest absolute Gasteiger partial charge is 0.191 e. The summed E-state index contributed by atoms with van der Waals surface area (Å²) in [6, 6.07) is 0. The van der Waals surface area contributed by atoms with Crippen LogP contribution in [0.15, 0.2) is 5.16 Å². The Labute approximate surface area is 99.5 Å². The van der Waals surface area contributed by atoms with E-state index in [4.69, 9.17) is 5.73 Å². The van der Waals surface area contributed by atoms with Crippen molar-refractivity contribution in [1.29, 1.82) is 0 Å². The Bertz CT molecular complexity index is 441. The zero-order valence-electron chi connectivity index (χ0n) is 9.38. The third-order valence-corrected chi connectivity index (χ3v) is 4.11. The predicted octanol–water partition coefficient (Wildman–Crippen LogP) is -0.318. The monoisotopic (exact) mass is 264 g/mol. The maximum Gasteiger partial charge on any atom is 0.191 e. The van der Waals surface area contributed by atoms with E-state index in [-0.39, 0.29) is 5.75 Å². The number of nitrogens with two attached hydrogens (primary N) is 1. The van der Waals surface area contributed by atoms with Crippen molar-refractivity contribution in [2.45, 2.75) is 18.6 Å². The van der Waals surface area contributed by atoms with Crippen molar-refractivity contribution in [1.82, 2.24) is 14.8 Å². The van der Waals surface area contributed by atoms with Gasteiger partial charge in [-0.3, -0.25) is 0 Å². The fourth-order valence-corrected chi connectivity index (χ4v) is 3.34. The normalized spacial score (nSPS) is 11.9. The Morgan fingerprint density at radius 1 is 1.44 bits per heavy atom. The molecule has 0 aliphatic rings. The van der Waals surface area contributed by atoms with Crippen LogP contribution in [0.1, 0.15) is 5.82 Å². The molecule has 16 heavy (non-hydrogen) atoms. The quantitative estimate of drug-likeness (QED) is 0.708. The Balaban J connectivity index is 2.60. The first-order chi connectivity index (χ1) is 7.44. The zero-order chi connectivity index (χ0) is 12.2. The van der Waals surface area contributed by atoms with E-state index >= 15 is 0 Å². The number of thioether (sulfide) groups is 1. The van der Waals surface area contributed by atoms with Gasteiger partial charge in [0.25, 0.3) is 0 Å². The van der Waals surface area contributed by atoms with Crippen LogP contribution in [0, 0.1) is 6.92 Å². The number of aryl methyl sites for hydroxylation is 1. The number of hydrogen-bond acceptors (Lipinski definition) is 6. The summed E-state index contributed by atoms with van der Waals surface area (Å²) in [7, 11) is -2.92. The van der Waals surface area contributed by atoms with E-state index in [0.717, 1.165) is 11.0 Å². The minimum absolute atomic E-state index is 0.145. The predicted molar refractivity (Wildman–Crippen MR) is 64.2 cm³/mol. The van der Waals surface area contributed by atoms with Crippen LogP contribution >= 0.6 is 11.8 Å². The fraction of sp³-hybridized carbons (Fsp3) is 0.750.